The lowest BCUT2D eigenvalue weighted by Gasteiger charge is -2.42. The van der Waals surface area contributed by atoms with Gasteiger partial charge in [-0.1, -0.05) is 64.3 Å². The number of carbonyl (C=O) groups is 1. The molecule has 2 N–H and O–H groups in total. The predicted molar refractivity (Wildman–Crippen MR) is 134 cm³/mol. The van der Waals surface area contributed by atoms with Gasteiger partial charge in [-0.05, 0) is 18.5 Å². The zero-order valence-corrected chi connectivity index (χ0v) is 22.9. The number of alkyl halides is 1. The van der Waals surface area contributed by atoms with Crippen molar-refractivity contribution in [1.82, 2.24) is 4.90 Å². The Kier molecular flexibility index (Phi) is 7.78. The summed E-state index contributed by atoms with van der Waals surface area (Å²) < 4.78 is 49.1. The normalized spacial score (nSPS) is 27.1. The summed E-state index contributed by atoms with van der Waals surface area (Å²) in [6, 6.07) is 4.28. The van der Waals surface area contributed by atoms with Crippen LogP contribution in [0, 0.1) is 23.0 Å². The lowest BCUT2D eigenvalue weighted by Crippen LogP contribution is -2.54. The van der Waals surface area contributed by atoms with Gasteiger partial charge in [0.1, 0.15) is 18.4 Å². The number of amidine groups is 1. The molecule has 1 aliphatic carbocycles. The molecule has 4 atom stereocenters. The molecule has 35 heavy (non-hydrogen) atoms. The number of rotatable bonds is 8. The molecule has 0 bridgehead atoms. The molecule has 1 amide bonds. The maximum atomic E-state index is 14.9. The smallest absolute Gasteiger partial charge is 0.415 e. The molecule has 1 aromatic carbocycles. The molecule has 1 aromatic rings. The van der Waals surface area contributed by atoms with Gasteiger partial charge in [0.25, 0.3) is 0 Å². The summed E-state index contributed by atoms with van der Waals surface area (Å²) in [5.41, 5.74) is -2.82. The molecule has 1 unspecified atom stereocenters. The molecule has 196 valence electrons. The minimum atomic E-state index is -1.86. The van der Waals surface area contributed by atoms with Gasteiger partial charge >= 0.3 is 6.09 Å². The summed E-state index contributed by atoms with van der Waals surface area (Å²) in [5.74, 6) is -2.98. The van der Waals surface area contributed by atoms with Crippen molar-refractivity contribution in [2.75, 3.05) is 19.9 Å². The third-order valence-corrected chi connectivity index (χ3v) is 9.76. The Labute approximate surface area is 210 Å². The quantitative estimate of drug-likeness (QED) is 0.332. The van der Waals surface area contributed by atoms with Gasteiger partial charge in [0.05, 0.1) is 11.4 Å². The molecule has 11 heteroatoms. The summed E-state index contributed by atoms with van der Waals surface area (Å²) in [6.45, 7) is 10.8. The number of aliphatic imine (C=N–C) groups is 1. The van der Waals surface area contributed by atoms with Crippen molar-refractivity contribution in [3.63, 3.8) is 0 Å². The number of fused-ring (bicyclic) bond motifs is 1. The Hall–Kier alpha value is -1.56. The van der Waals surface area contributed by atoms with E-state index in [1.165, 1.54) is 12.1 Å². The Morgan fingerprint density at radius 1 is 1.34 bits per heavy atom. The van der Waals surface area contributed by atoms with Gasteiger partial charge in [-0.2, -0.15) is 0 Å². The highest BCUT2D eigenvalue weighted by Gasteiger charge is 2.69. The van der Waals surface area contributed by atoms with Gasteiger partial charge in [-0.15, -0.1) is 0 Å². The number of ether oxygens (including phenoxy) is 1. The van der Waals surface area contributed by atoms with Crippen LogP contribution < -0.4 is 0 Å². The van der Waals surface area contributed by atoms with E-state index in [9.17, 15) is 28.2 Å². The van der Waals surface area contributed by atoms with Crippen molar-refractivity contribution in [1.29, 1.82) is 0 Å². The number of carboxylic acid groups (broad SMARTS) is 1. The SMILES string of the molecule is CC(C)(C)C(OCC[Si](C)(C)C)N(C(=O)O)C1=N[C@](CF)(c2cccc(F)c2F)[C@@H]2C[C@]2(CO)S1. The molecular formula is C24H35F3N2O4SSi. The summed E-state index contributed by atoms with van der Waals surface area (Å²) in [7, 11) is -1.48. The minimum absolute atomic E-state index is 0.0884. The zero-order valence-electron chi connectivity index (χ0n) is 21.1. The summed E-state index contributed by atoms with van der Waals surface area (Å²) in [4.78, 5) is 18.0. The highest BCUT2D eigenvalue weighted by Crippen LogP contribution is 2.66. The van der Waals surface area contributed by atoms with E-state index in [0.29, 0.717) is 6.61 Å². The lowest BCUT2D eigenvalue weighted by molar-refractivity contribution is -0.0762. The van der Waals surface area contributed by atoms with Crippen molar-refractivity contribution >= 4 is 31.1 Å². The maximum Gasteiger partial charge on any atom is 0.415 e. The van der Waals surface area contributed by atoms with Crippen molar-refractivity contribution in [3.05, 3.63) is 35.4 Å². The second-order valence-corrected chi connectivity index (χ2v) is 18.7. The third-order valence-electron chi connectivity index (χ3n) is 6.60. The van der Waals surface area contributed by atoms with Crippen LogP contribution in [0.2, 0.25) is 25.7 Å². The molecule has 3 rings (SSSR count). The fourth-order valence-electron chi connectivity index (χ4n) is 4.52. The van der Waals surface area contributed by atoms with Crippen molar-refractivity contribution < 1.29 is 32.9 Å². The second kappa shape index (κ2) is 9.72. The second-order valence-electron chi connectivity index (χ2n) is 11.7. The van der Waals surface area contributed by atoms with Crippen LogP contribution in [0.3, 0.4) is 0 Å². The largest absolute Gasteiger partial charge is 0.465 e. The summed E-state index contributed by atoms with van der Waals surface area (Å²) in [6.07, 6.45) is -2.04. The van der Waals surface area contributed by atoms with Gasteiger partial charge in [-0.3, -0.25) is 0 Å². The molecule has 0 radical (unpaired) electrons. The Balaban J connectivity index is 2.13. The topological polar surface area (TPSA) is 82.4 Å². The Morgan fingerprint density at radius 3 is 2.51 bits per heavy atom. The van der Waals surface area contributed by atoms with Crippen LogP contribution in [0.5, 0.6) is 0 Å². The minimum Gasteiger partial charge on any atom is -0.465 e. The van der Waals surface area contributed by atoms with E-state index in [2.05, 4.69) is 24.6 Å². The number of hydrogen-bond acceptors (Lipinski definition) is 5. The average molecular weight is 533 g/mol. The van der Waals surface area contributed by atoms with E-state index in [-0.39, 0.29) is 23.8 Å². The monoisotopic (exact) mass is 532 g/mol. The highest BCUT2D eigenvalue weighted by molar-refractivity contribution is 8.15. The zero-order chi connectivity index (χ0) is 26.4. The molecule has 2 aliphatic rings. The number of thioether (sulfide) groups is 1. The predicted octanol–water partition coefficient (Wildman–Crippen LogP) is 5.69. The van der Waals surface area contributed by atoms with Gasteiger partial charge in [0.15, 0.2) is 16.8 Å². The van der Waals surface area contributed by atoms with E-state index < -0.39 is 60.3 Å². The number of nitrogens with zero attached hydrogens (tertiary/aromatic N) is 2. The van der Waals surface area contributed by atoms with Crippen LogP contribution in [0.15, 0.2) is 23.2 Å². The van der Waals surface area contributed by atoms with E-state index in [0.717, 1.165) is 28.8 Å². The van der Waals surface area contributed by atoms with Gasteiger partial charge in [0.2, 0.25) is 0 Å². The summed E-state index contributed by atoms with van der Waals surface area (Å²) >= 11 is 1.04. The van der Waals surface area contributed by atoms with Crippen molar-refractivity contribution in [2.45, 2.75) is 69.4 Å². The van der Waals surface area contributed by atoms with E-state index in [1.54, 1.807) is 0 Å². The molecule has 1 fully saturated rings. The highest BCUT2D eigenvalue weighted by atomic mass is 32.2. The Morgan fingerprint density at radius 2 is 2.00 bits per heavy atom. The fourth-order valence-corrected chi connectivity index (χ4v) is 6.75. The number of amides is 1. The summed E-state index contributed by atoms with van der Waals surface area (Å²) in [5, 5.41) is 20.4. The van der Waals surface area contributed by atoms with Gasteiger partial charge < -0.3 is 14.9 Å². The van der Waals surface area contributed by atoms with Crippen LogP contribution in [0.1, 0.15) is 32.8 Å². The molecule has 1 saturated carbocycles. The lowest BCUT2D eigenvalue weighted by atomic mass is 9.85. The maximum absolute atomic E-state index is 14.9. The van der Waals surface area contributed by atoms with Gasteiger partial charge in [-0.25, -0.2) is 27.9 Å². The molecule has 0 saturated heterocycles. The number of aliphatic hydroxyl groups excluding tert-OH is 1. The first kappa shape index (κ1) is 28.0. The van der Waals surface area contributed by atoms with E-state index >= 15 is 0 Å². The first-order chi connectivity index (χ1) is 16.1. The Bertz CT molecular complexity index is 1000. The molecule has 1 aliphatic heterocycles. The molecule has 1 heterocycles. The third kappa shape index (κ3) is 5.42. The molecule has 0 spiro atoms. The van der Waals surface area contributed by atoms with E-state index in [1.807, 2.05) is 20.8 Å². The van der Waals surface area contributed by atoms with Crippen LogP contribution in [-0.4, -0.2) is 65.3 Å². The van der Waals surface area contributed by atoms with Gasteiger partial charge in [0, 0.05) is 31.6 Å². The first-order valence-electron chi connectivity index (χ1n) is 11.7. The average Bonchev–Trinajstić information content (AvgIpc) is 3.48. The van der Waals surface area contributed by atoms with Crippen LogP contribution in [0.4, 0.5) is 18.0 Å². The number of halogens is 3. The van der Waals surface area contributed by atoms with Crippen molar-refractivity contribution in [2.24, 2.45) is 16.3 Å². The fraction of sp³-hybridized carbons (Fsp3) is 0.667. The number of aliphatic hydroxyl groups is 1. The number of hydrogen-bond donors (Lipinski definition) is 2. The van der Waals surface area contributed by atoms with Crippen LogP contribution >= 0.6 is 11.8 Å². The standard InChI is InChI=1S/C24H35F3N2O4SSi/c1-22(2,3)19(33-10-11-35(4,5)6)29(21(31)32)20-28-24(13-25,17-12-23(17,14-30)34-20)15-8-7-9-16(26)18(15)27/h7-9,17,19,30H,10-14H2,1-6H3,(H,31,32)/t17-,19?,23-,24-/m1/s1. The van der Waals surface area contributed by atoms with Crippen LogP contribution in [0.25, 0.3) is 0 Å². The first-order valence-corrected chi connectivity index (χ1v) is 16.2. The molecular weight excluding hydrogens is 497 g/mol. The van der Waals surface area contributed by atoms with Crippen LogP contribution in [-0.2, 0) is 10.3 Å². The number of benzene rings is 1. The molecule has 0 aromatic heterocycles. The molecule has 6 nitrogen and oxygen atoms in total. The van der Waals surface area contributed by atoms with E-state index in [4.69, 9.17) is 4.74 Å². The van der Waals surface area contributed by atoms with Crippen molar-refractivity contribution in [3.8, 4) is 0 Å².